The van der Waals surface area contributed by atoms with Crippen molar-refractivity contribution in [1.29, 1.82) is 0 Å². The summed E-state index contributed by atoms with van der Waals surface area (Å²) < 4.78 is 51.3. The van der Waals surface area contributed by atoms with Crippen LogP contribution in [0.5, 0.6) is 0 Å². The zero-order valence-corrected chi connectivity index (χ0v) is 17.5. The zero-order chi connectivity index (χ0) is 24.3. The number of tetrazole rings is 1. The van der Waals surface area contributed by atoms with E-state index in [9.17, 15) is 27.2 Å². The van der Waals surface area contributed by atoms with Gasteiger partial charge < -0.3 is 5.32 Å². The van der Waals surface area contributed by atoms with Crippen LogP contribution < -0.4 is 16.2 Å². The van der Waals surface area contributed by atoms with Gasteiger partial charge in [-0.25, -0.2) is 14.6 Å². The van der Waals surface area contributed by atoms with Crippen LogP contribution in [0.1, 0.15) is 24.2 Å². The molecule has 2 aromatic heterocycles. The highest BCUT2D eigenvalue weighted by Crippen LogP contribution is 2.33. The average molecular weight is 466 g/mol. The van der Waals surface area contributed by atoms with Gasteiger partial charge in [-0.1, -0.05) is 18.2 Å². The lowest BCUT2D eigenvalue weighted by molar-refractivity contribution is -0.174. The van der Waals surface area contributed by atoms with Crippen LogP contribution in [0.4, 0.5) is 22.4 Å². The van der Waals surface area contributed by atoms with E-state index in [1.165, 1.54) is 34.8 Å². The second-order valence-electron chi connectivity index (χ2n) is 6.96. The third-order valence-corrected chi connectivity index (χ3v) is 4.49. The van der Waals surface area contributed by atoms with E-state index in [4.69, 9.17) is 0 Å². The van der Waals surface area contributed by atoms with Crippen molar-refractivity contribution in [2.24, 2.45) is 7.05 Å². The van der Waals surface area contributed by atoms with E-state index in [0.717, 1.165) is 5.56 Å². The van der Waals surface area contributed by atoms with E-state index in [2.05, 4.69) is 25.7 Å². The molecule has 0 aliphatic carbocycles. The molecule has 3 aromatic rings. The van der Waals surface area contributed by atoms with Crippen molar-refractivity contribution in [1.82, 2.24) is 41.4 Å². The number of aromatic nitrogens is 5. The molecule has 0 saturated carbocycles. The van der Waals surface area contributed by atoms with Gasteiger partial charge in [-0.3, -0.25) is 15.2 Å². The predicted molar refractivity (Wildman–Crippen MR) is 106 cm³/mol. The number of pyridine rings is 1. The summed E-state index contributed by atoms with van der Waals surface area (Å²) in [5.41, 5.74) is 5.06. The number of urea groups is 1. The number of benzene rings is 1. The molecule has 1 unspecified atom stereocenters. The van der Waals surface area contributed by atoms with Gasteiger partial charge in [0.15, 0.2) is 0 Å². The zero-order valence-electron chi connectivity index (χ0n) is 17.5. The molecule has 3 N–H and O–H groups in total. The highest BCUT2D eigenvalue weighted by Gasteiger charge is 2.39. The normalized spacial score (nSPS) is 12.2. The third kappa shape index (κ3) is 5.39. The quantitative estimate of drug-likeness (QED) is 0.400. The number of carbonyl (C=O) groups is 2. The molecule has 0 aliphatic heterocycles. The molecule has 0 radical (unpaired) electrons. The Morgan fingerprint density at radius 1 is 1.18 bits per heavy atom. The summed E-state index contributed by atoms with van der Waals surface area (Å²) in [7, 11) is 1.61. The van der Waals surface area contributed by atoms with Crippen LogP contribution in [0.25, 0.3) is 22.5 Å². The van der Waals surface area contributed by atoms with Gasteiger partial charge in [-0.2, -0.15) is 18.0 Å². The van der Waals surface area contributed by atoms with Gasteiger partial charge in [-0.05, 0) is 36.3 Å². The summed E-state index contributed by atoms with van der Waals surface area (Å²) in [5.74, 6) is -2.77. The number of halogens is 4. The van der Waals surface area contributed by atoms with Crippen LogP contribution in [0.3, 0.4) is 0 Å². The van der Waals surface area contributed by atoms with Crippen molar-refractivity contribution in [3.63, 3.8) is 0 Å². The minimum absolute atomic E-state index is 0.164. The minimum Gasteiger partial charge on any atom is -0.329 e. The Balaban J connectivity index is 1.79. The number of amides is 3. The van der Waals surface area contributed by atoms with Gasteiger partial charge in [0.05, 0.1) is 18.8 Å². The summed E-state index contributed by atoms with van der Waals surface area (Å²) in [6.07, 6.45) is -3.79. The molecule has 0 fully saturated rings. The lowest BCUT2D eigenvalue weighted by Crippen LogP contribution is -2.51. The number of hydrogen-bond acceptors (Lipinski definition) is 6. The molecule has 10 nitrogen and oxygen atoms in total. The molecule has 1 atom stereocenters. The summed E-state index contributed by atoms with van der Waals surface area (Å²) >= 11 is 0. The van der Waals surface area contributed by atoms with Gasteiger partial charge in [0.2, 0.25) is 5.82 Å². The Bertz CT molecular complexity index is 1190. The van der Waals surface area contributed by atoms with Crippen LogP contribution in [-0.4, -0.2) is 43.3 Å². The van der Waals surface area contributed by atoms with Crippen molar-refractivity contribution in [2.45, 2.75) is 26.1 Å². The molecule has 0 aliphatic rings. The largest absolute Gasteiger partial charge is 0.472 e. The third-order valence-electron chi connectivity index (χ3n) is 4.49. The fourth-order valence-corrected chi connectivity index (χ4v) is 2.99. The first-order valence-electron chi connectivity index (χ1n) is 9.41. The van der Waals surface area contributed by atoms with E-state index < -0.39 is 30.0 Å². The summed E-state index contributed by atoms with van der Waals surface area (Å²) in [4.78, 5) is 27.8. The molecular formula is C19H18F4N8O2. The molecule has 0 bridgehead atoms. The highest BCUT2D eigenvalue weighted by molar-refractivity contribution is 5.85. The van der Waals surface area contributed by atoms with E-state index in [0.29, 0.717) is 22.5 Å². The van der Waals surface area contributed by atoms with Crippen LogP contribution in [-0.2, 0) is 11.8 Å². The van der Waals surface area contributed by atoms with E-state index in [1.54, 1.807) is 19.2 Å². The van der Waals surface area contributed by atoms with Crippen LogP contribution in [0.15, 0.2) is 30.5 Å². The maximum absolute atomic E-state index is 14.8. The van der Waals surface area contributed by atoms with Crippen molar-refractivity contribution in [2.75, 3.05) is 0 Å². The van der Waals surface area contributed by atoms with Crippen LogP contribution >= 0.6 is 0 Å². The van der Waals surface area contributed by atoms with Crippen molar-refractivity contribution in [3.05, 3.63) is 47.5 Å². The lowest BCUT2D eigenvalue weighted by Gasteiger charge is -2.16. The Hall–Kier alpha value is -4.10. The predicted octanol–water partition coefficient (Wildman–Crippen LogP) is 2.34. The maximum atomic E-state index is 14.8. The summed E-state index contributed by atoms with van der Waals surface area (Å²) in [6.45, 7) is 3.22. The molecule has 174 valence electrons. The molecule has 3 rings (SSSR count). The van der Waals surface area contributed by atoms with Gasteiger partial charge in [0.1, 0.15) is 5.82 Å². The first kappa shape index (κ1) is 23.6. The standard InChI is InChI=1S/C19H18F4N8O2/c1-9-5-4-6-12(14(9)16-26-30-31(3)29-16)11-7-13(20)15(24-8-11)10(2)25-18(33)28-27-17(32)19(21,22)23/h4-8,10H,1-3H3,(H,27,32)(H2,25,28,33). The van der Waals surface area contributed by atoms with Crippen molar-refractivity contribution in [3.8, 4) is 22.5 Å². The molecular weight excluding hydrogens is 448 g/mol. The Kier molecular flexibility index (Phi) is 6.55. The highest BCUT2D eigenvalue weighted by atomic mass is 19.4. The lowest BCUT2D eigenvalue weighted by atomic mass is 9.96. The number of nitrogens with zero attached hydrogens (tertiary/aromatic N) is 5. The second kappa shape index (κ2) is 9.18. The van der Waals surface area contributed by atoms with Crippen LogP contribution in [0.2, 0.25) is 0 Å². The maximum Gasteiger partial charge on any atom is 0.472 e. The molecule has 2 heterocycles. The van der Waals surface area contributed by atoms with Crippen molar-refractivity contribution < 1.29 is 27.2 Å². The van der Waals surface area contributed by atoms with Gasteiger partial charge in [0.25, 0.3) is 0 Å². The Labute approximate surface area is 184 Å². The fraction of sp³-hybridized carbons (Fsp3) is 0.263. The topological polar surface area (TPSA) is 127 Å². The first-order valence-corrected chi connectivity index (χ1v) is 9.41. The van der Waals surface area contributed by atoms with Crippen molar-refractivity contribution >= 4 is 11.9 Å². The number of hydrazine groups is 1. The monoisotopic (exact) mass is 466 g/mol. The van der Waals surface area contributed by atoms with E-state index in [-0.39, 0.29) is 5.69 Å². The molecule has 3 amide bonds. The number of rotatable bonds is 4. The Morgan fingerprint density at radius 3 is 2.52 bits per heavy atom. The first-order chi connectivity index (χ1) is 15.5. The molecule has 0 spiro atoms. The molecule has 14 heteroatoms. The van der Waals surface area contributed by atoms with Gasteiger partial charge in [-0.15, -0.1) is 10.2 Å². The summed E-state index contributed by atoms with van der Waals surface area (Å²) in [6, 6.07) is 4.36. The van der Waals surface area contributed by atoms with Crippen LogP contribution in [0, 0.1) is 12.7 Å². The fourth-order valence-electron chi connectivity index (χ4n) is 2.99. The molecule has 0 saturated heterocycles. The van der Waals surface area contributed by atoms with E-state index >= 15 is 0 Å². The molecule has 33 heavy (non-hydrogen) atoms. The second-order valence-corrected chi connectivity index (χ2v) is 6.96. The summed E-state index contributed by atoms with van der Waals surface area (Å²) in [5, 5.41) is 14.2. The number of carbonyl (C=O) groups excluding carboxylic acids is 2. The Morgan fingerprint density at radius 2 is 1.91 bits per heavy atom. The smallest absolute Gasteiger partial charge is 0.329 e. The number of hydrogen-bond donors (Lipinski definition) is 3. The number of aryl methyl sites for hydroxylation is 2. The average Bonchev–Trinajstić information content (AvgIpc) is 3.16. The minimum atomic E-state index is -5.17. The van der Waals surface area contributed by atoms with E-state index in [1.807, 2.05) is 13.0 Å². The van der Waals surface area contributed by atoms with Gasteiger partial charge in [0, 0.05) is 17.3 Å². The number of alkyl halides is 3. The molecule has 1 aromatic carbocycles. The van der Waals surface area contributed by atoms with Gasteiger partial charge >= 0.3 is 18.1 Å². The number of nitrogens with one attached hydrogen (secondary N) is 3. The SMILES string of the molecule is Cc1cccc(-c2cnc(C(C)NC(=O)NNC(=O)C(F)(F)F)c(F)c2)c1-c1nnn(C)n1.